The van der Waals surface area contributed by atoms with Gasteiger partial charge in [0.05, 0.1) is 17.3 Å². The first-order valence-electron chi connectivity index (χ1n) is 11.5. The molecule has 32 heavy (non-hydrogen) atoms. The molecule has 0 radical (unpaired) electrons. The molecule has 0 spiro atoms. The Morgan fingerprint density at radius 3 is 2.69 bits per heavy atom. The molecule has 1 amide bonds. The molecule has 2 fully saturated rings. The summed E-state index contributed by atoms with van der Waals surface area (Å²) in [5, 5.41) is 6.16. The maximum Gasteiger partial charge on any atom is 0.225 e. The number of halogens is 1. The molecule has 5 rings (SSSR count). The van der Waals surface area contributed by atoms with E-state index in [1.54, 1.807) is 0 Å². The van der Waals surface area contributed by atoms with Crippen molar-refractivity contribution in [2.75, 3.05) is 31.1 Å². The van der Waals surface area contributed by atoms with Crippen LogP contribution in [0.3, 0.4) is 0 Å². The summed E-state index contributed by atoms with van der Waals surface area (Å²) in [5.74, 6) is 2.68. The summed E-state index contributed by atoms with van der Waals surface area (Å²) < 4.78 is 1.81. The number of hydrogen-bond donors (Lipinski definition) is 0. The van der Waals surface area contributed by atoms with Crippen LogP contribution in [-0.4, -0.2) is 56.7 Å². The fraction of sp³-hybridized carbons (Fsp3) is 0.500. The summed E-state index contributed by atoms with van der Waals surface area (Å²) in [7, 11) is 0. The predicted molar refractivity (Wildman–Crippen MR) is 126 cm³/mol. The molecule has 2 aliphatic rings. The van der Waals surface area contributed by atoms with Gasteiger partial charge in [0.1, 0.15) is 11.6 Å². The number of piperidine rings is 2. The number of anilines is 1. The van der Waals surface area contributed by atoms with Crippen molar-refractivity contribution < 1.29 is 4.79 Å². The van der Waals surface area contributed by atoms with E-state index in [1.807, 2.05) is 42.1 Å². The van der Waals surface area contributed by atoms with Crippen molar-refractivity contribution in [2.45, 2.75) is 39.5 Å². The number of rotatable bonds is 3. The van der Waals surface area contributed by atoms with Crippen molar-refractivity contribution >= 4 is 34.4 Å². The highest BCUT2D eigenvalue weighted by atomic mass is 35.5. The normalized spacial score (nSPS) is 20.2. The fourth-order valence-electron chi connectivity index (χ4n) is 5.02. The molecular formula is C24H29ClN6O. The number of fused-ring (bicyclic) bond motifs is 1. The summed E-state index contributed by atoms with van der Waals surface area (Å²) in [6.45, 7) is 7.60. The number of likely N-dealkylation sites (tertiary alicyclic amines) is 1. The van der Waals surface area contributed by atoms with Crippen LogP contribution in [0.5, 0.6) is 0 Å². The summed E-state index contributed by atoms with van der Waals surface area (Å²) in [6.07, 6.45) is 5.90. The molecule has 0 N–H and O–H groups in total. The molecule has 0 saturated carbocycles. The van der Waals surface area contributed by atoms with E-state index in [0.29, 0.717) is 22.7 Å². The Kier molecular flexibility index (Phi) is 5.76. The Balaban J connectivity index is 1.36. The molecule has 0 bridgehead atoms. The SMILES string of the molecule is Cc1nc(N2CCC(C(=O)N3CCCC(C)C3)CC2)c2cnn(-c3cccc(Cl)c3)c2n1. The van der Waals surface area contributed by atoms with Crippen LogP contribution < -0.4 is 4.90 Å². The number of carbonyl (C=O) groups excluding carboxylic acids is 1. The first kappa shape index (κ1) is 21.2. The van der Waals surface area contributed by atoms with Crippen molar-refractivity contribution in [3.05, 3.63) is 41.3 Å². The van der Waals surface area contributed by atoms with Crippen molar-refractivity contribution in [3.63, 3.8) is 0 Å². The third-order valence-corrected chi connectivity index (χ3v) is 6.92. The van der Waals surface area contributed by atoms with Gasteiger partial charge in [-0.05, 0) is 56.7 Å². The van der Waals surface area contributed by atoms with Crippen LogP contribution in [0.25, 0.3) is 16.7 Å². The zero-order valence-electron chi connectivity index (χ0n) is 18.7. The van der Waals surface area contributed by atoms with Crippen LogP contribution in [0.4, 0.5) is 5.82 Å². The minimum absolute atomic E-state index is 0.115. The summed E-state index contributed by atoms with van der Waals surface area (Å²) in [6, 6.07) is 7.60. The molecule has 0 aliphatic carbocycles. The van der Waals surface area contributed by atoms with E-state index < -0.39 is 0 Å². The monoisotopic (exact) mass is 452 g/mol. The van der Waals surface area contributed by atoms with E-state index in [0.717, 1.165) is 68.0 Å². The summed E-state index contributed by atoms with van der Waals surface area (Å²) in [5.41, 5.74) is 1.65. The van der Waals surface area contributed by atoms with Gasteiger partial charge in [0.2, 0.25) is 5.91 Å². The Bertz CT molecular complexity index is 1140. The molecule has 1 unspecified atom stereocenters. The van der Waals surface area contributed by atoms with Crippen molar-refractivity contribution in [1.82, 2.24) is 24.6 Å². The van der Waals surface area contributed by atoms with E-state index >= 15 is 0 Å². The topological polar surface area (TPSA) is 67.2 Å². The van der Waals surface area contributed by atoms with Crippen LogP contribution in [0, 0.1) is 18.8 Å². The number of nitrogens with zero attached hydrogens (tertiary/aromatic N) is 6. The van der Waals surface area contributed by atoms with Crippen LogP contribution in [-0.2, 0) is 4.79 Å². The van der Waals surface area contributed by atoms with Crippen LogP contribution in [0.15, 0.2) is 30.5 Å². The average molecular weight is 453 g/mol. The van der Waals surface area contributed by atoms with Crippen LogP contribution in [0.2, 0.25) is 5.02 Å². The van der Waals surface area contributed by atoms with E-state index in [9.17, 15) is 4.79 Å². The molecule has 2 aliphatic heterocycles. The van der Waals surface area contributed by atoms with Crippen LogP contribution >= 0.6 is 11.6 Å². The lowest BCUT2D eigenvalue weighted by Crippen LogP contribution is -2.46. The van der Waals surface area contributed by atoms with Gasteiger partial charge in [0, 0.05) is 37.1 Å². The van der Waals surface area contributed by atoms with Gasteiger partial charge in [-0.15, -0.1) is 0 Å². The van der Waals surface area contributed by atoms with Gasteiger partial charge in [-0.2, -0.15) is 5.10 Å². The first-order chi connectivity index (χ1) is 15.5. The fourth-order valence-corrected chi connectivity index (χ4v) is 5.21. The lowest BCUT2D eigenvalue weighted by atomic mass is 9.92. The van der Waals surface area contributed by atoms with E-state index in [1.165, 1.54) is 6.42 Å². The van der Waals surface area contributed by atoms with Crippen LogP contribution in [0.1, 0.15) is 38.4 Å². The third-order valence-electron chi connectivity index (χ3n) is 6.69. The van der Waals surface area contributed by atoms with Gasteiger partial charge < -0.3 is 9.80 Å². The molecule has 1 aromatic carbocycles. The third kappa shape index (κ3) is 4.06. The second-order valence-electron chi connectivity index (χ2n) is 9.16. The lowest BCUT2D eigenvalue weighted by Gasteiger charge is -2.37. The maximum atomic E-state index is 13.1. The molecule has 7 nitrogen and oxygen atoms in total. The summed E-state index contributed by atoms with van der Waals surface area (Å²) in [4.78, 5) is 26.9. The van der Waals surface area contributed by atoms with Crippen molar-refractivity contribution in [1.29, 1.82) is 0 Å². The van der Waals surface area contributed by atoms with Gasteiger partial charge in [0.15, 0.2) is 5.65 Å². The molecule has 1 atom stereocenters. The zero-order valence-corrected chi connectivity index (χ0v) is 19.4. The Hall–Kier alpha value is -2.67. The molecular weight excluding hydrogens is 424 g/mol. The second kappa shape index (κ2) is 8.70. The number of aromatic nitrogens is 4. The average Bonchev–Trinajstić information content (AvgIpc) is 3.22. The van der Waals surface area contributed by atoms with E-state index in [4.69, 9.17) is 16.6 Å². The van der Waals surface area contributed by atoms with Crippen molar-refractivity contribution in [2.24, 2.45) is 11.8 Å². The quantitative estimate of drug-likeness (QED) is 0.594. The molecule has 4 heterocycles. The Labute approximate surface area is 193 Å². The first-order valence-corrected chi connectivity index (χ1v) is 11.9. The Morgan fingerprint density at radius 1 is 1.12 bits per heavy atom. The van der Waals surface area contributed by atoms with E-state index in [-0.39, 0.29) is 5.92 Å². The minimum Gasteiger partial charge on any atom is -0.356 e. The number of hydrogen-bond acceptors (Lipinski definition) is 5. The highest BCUT2D eigenvalue weighted by Crippen LogP contribution is 2.31. The highest BCUT2D eigenvalue weighted by molar-refractivity contribution is 6.30. The molecule has 8 heteroatoms. The smallest absolute Gasteiger partial charge is 0.225 e. The molecule has 3 aromatic rings. The molecule has 2 aromatic heterocycles. The van der Waals surface area contributed by atoms with Gasteiger partial charge in [-0.25, -0.2) is 14.6 Å². The Morgan fingerprint density at radius 2 is 1.94 bits per heavy atom. The van der Waals surface area contributed by atoms with Gasteiger partial charge in [-0.1, -0.05) is 24.6 Å². The van der Waals surface area contributed by atoms with Gasteiger partial charge in [0.25, 0.3) is 0 Å². The van der Waals surface area contributed by atoms with Gasteiger partial charge >= 0.3 is 0 Å². The lowest BCUT2D eigenvalue weighted by molar-refractivity contribution is -0.137. The minimum atomic E-state index is 0.115. The number of carbonyl (C=O) groups is 1. The predicted octanol–water partition coefficient (Wildman–Crippen LogP) is 4.25. The number of benzene rings is 1. The van der Waals surface area contributed by atoms with Crippen molar-refractivity contribution in [3.8, 4) is 5.69 Å². The second-order valence-corrected chi connectivity index (χ2v) is 9.60. The highest BCUT2D eigenvalue weighted by Gasteiger charge is 2.31. The largest absolute Gasteiger partial charge is 0.356 e. The molecule has 168 valence electrons. The summed E-state index contributed by atoms with van der Waals surface area (Å²) >= 11 is 6.19. The standard InChI is InChI=1S/C24H29ClN6O/c1-16-5-4-10-30(15-16)24(32)18-8-11-29(12-9-18)22-21-14-26-31(23(21)28-17(2)27-22)20-7-3-6-19(25)13-20/h3,6-7,13-14,16,18H,4-5,8-12,15H2,1-2H3. The zero-order chi connectivity index (χ0) is 22.2. The molecule has 2 saturated heterocycles. The van der Waals surface area contributed by atoms with Gasteiger partial charge in [-0.3, -0.25) is 4.79 Å². The number of aryl methyl sites for hydroxylation is 1. The maximum absolute atomic E-state index is 13.1. The van der Waals surface area contributed by atoms with E-state index in [2.05, 4.69) is 26.8 Å². The number of amides is 1.